The van der Waals surface area contributed by atoms with E-state index < -0.39 is 0 Å². The molecule has 0 atom stereocenters. The quantitative estimate of drug-likeness (QED) is 0.543. The number of thiophene rings is 2. The van der Waals surface area contributed by atoms with Gasteiger partial charge in [0.2, 0.25) is 0 Å². The van der Waals surface area contributed by atoms with Crippen LogP contribution in [0.4, 0.5) is 0 Å². The second kappa shape index (κ2) is 8.43. The van der Waals surface area contributed by atoms with Crippen LogP contribution in [0.2, 0.25) is 8.67 Å². The fraction of sp³-hybridized carbons (Fsp3) is 0.500. The third kappa shape index (κ3) is 5.07. The Hall–Kier alpha value is -0.0200. The summed E-state index contributed by atoms with van der Waals surface area (Å²) < 4.78 is 1.59. The van der Waals surface area contributed by atoms with Gasteiger partial charge in [0.25, 0.3) is 0 Å². The molecule has 0 N–H and O–H groups in total. The van der Waals surface area contributed by atoms with Crippen LogP contribution in [0.15, 0.2) is 12.1 Å². The zero-order valence-corrected chi connectivity index (χ0v) is 15.9. The van der Waals surface area contributed by atoms with Crippen molar-refractivity contribution >= 4 is 45.9 Å². The minimum Gasteiger partial charge on any atom is -0.145 e. The van der Waals surface area contributed by atoms with Gasteiger partial charge in [0.05, 0.1) is 8.67 Å². The first kappa shape index (κ1) is 18.0. The van der Waals surface area contributed by atoms with E-state index in [1.54, 1.807) is 0 Å². The third-order valence-corrected chi connectivity index (χ3v) is 5.86. The van der Waals surface area contributed by atoms with Crippen LogP contribution in [0.1, 0.15) is 54.5 Å². The van der Waals surface area contributed by atoms with Crippen LogP contribution < -0.4 is 0 Å². The van der Waals surface area contributed by atoms with Crippen molar-refractivity contribution in [3.8, 4) is 0 Å². The van der Waals surface area contributed by atoms with E-state index in [2.05, 4.69) is 40.7 Å². The van der Waals surface area contributed by atoms with E-state index in [4.69, 9.17) is 23.2 Å². The molecule has 2 rings (SSSR count). The topological polar surface area (TPSA) is 0 Å². The van der Waals surface area contributed by atoms with Crippen molar-refractivity contribution in [1.29, 1.82) is 0 Å². The van der Waals surface area contributed by atoms with Gasteiger partial charge in [0.15, 0.2) is 0 Å². The van der Waals surface area contributed by atoms with E-state index in [1.807, 2.05) is 17.4 Å². The van der Waals surface area contributed by atoms with Crippen LogP contribution in [-0.2, 0) is 12.8 Å². The molecule has 0 fully saturated rings. The molecule has 2 heterocycles. The lowest BCUT2D eigenvalue weighted by atomic mass is 10.1. The van der Waals surface area contributed by atoms with Crippen LogP contribution in [0, 0.1) is 6.92 Å². The Kier molecular flexibility index (Phi) is 7.60. The van der Waals surface area contributed by atoms with Gasteiger partial charge in [0.1, 0.15) is 0 Å². The summed E-state index contributed by atoms with van der Waals surface area (Å²) in [7, 11) is 0. The van der Waals surface area contributed by atoms with E-state index in [0.29, 0.717) is 5.92 Å². The summed E-state index contributed by atoms with van der Waals surface area (Å²) in [4.78, 5) is 3.02. The molecule has 0 aliphatic carbocycles. The maximum absolute atomic E-state index is 5.87. The van der Waals surface area contributed by atoms with Crippen molar-refractivity contribution in [3.63, 3.8) is 0 Å². The first-order valence-electron chi connectivity index (χ1n) is 6.91. The van der Waals surface area contributed by atoms with Crippen molar-refractivity contribution < 1.29 is 0 Å². The van der Waals surface area contributed by atoms with Crippen LogP contribution >= 0.6 is 45.9 Å². The number of aryl methyl sites for hydroxylation is 3. The molecule has 0 radical (unpaired) electrons. The zero-order valence-electron chi connectivity index (χ0n) is 12.7. The van der Waals surface area contributed by atoms with Crippen molar-refractivity contribution in [2.24, 2.45) is 0 Å². The third-order valence-electron chi connectivity index (χ3n) is 3.11. The Morgan fingerprint density at radius 1 is 1.05 bits per heavy atom. The molecule has 0 amide bonds. The summed E-state index contributed by atoms with van der Waals surface area (Å²) in [6.45, 7) is 10.8. The molecule has 0 spiro atoms. The molecule has 0 saturated carbocycles. The van der Waals surface area contributed by atoms with E-state index in [-0.39, 0.29) is 0 Å². The minimum atomic E-state index is 0.469. The van der Waals surface area contributed by atoms with Gasteiger partial charge >= 0.3 is 0 Å². The SMILES string of the molecule is CC(C)c1cc(Cl)sc1Cl.CCc1cc(CC)c(C)s1. The van der Waals surface area contributed by atoms with Crippen LogP contribution in [-0.4, -0.2) is 0 Å². The second-order valence-electron chi connectivity index (χ2n) is 4.94. The van der Waals surface area contributed by atoms with Gasteiger partial charge < -0.3 is 0 Å². The molecule has 112 valence electrons. The fourth-order valence-electron chi connectivity index (χ4n) is 1.86. The van der Waals surface area contributed by atoms with Gasteiger partial charge in [-0.15, -0.1) is 22.7 Å². The van der Waals surface area contributed by atoms with Crippen molar-refractivity contribution in [3.05, 3.63) is 41.7 Å². The molecule has 0 unspecified atom stereocenters. The largest absolute Gasteiger partial charge is 0.145 e. The van der Waals surface area contributed by atoms with Gasteiger partial charge in [0, 0.05) is 9.75 Å². The molecule has 0 saturated heterocycles. The Bertz CT molecular complexity index is 539. The highest BCUT2D eigenvalue weighted by atomic mass is 35.5. The first-order chi connectivity index (χ1) is 9.38. The number of hydrogen-bond donors (Lipinski definition) is 0. The molecule has 20 heavy (non-hydrogen) atoms. The monoisotopic (exact) mass is 348 g/mol. The van der Waals surface area contributed by atoms with E-state index in [9.17, 15) is 0 Å². The van der Waals surface area contributed by atoms with Gasteiger partial charge in [-0.2, -0.15) is 0 Å². The summed E-state index contributed by atoms with van der Waals surface area (Å²) in [5, 5.41) is 0. The predicted octanol–water partition coefficient (Wildman–Crippen LogP) is 7.36. The van der Waals surface area contributed by atoms with Crippen LogP contribution in [0.5, 0.6) is 0 Å². The molecule has 0 aliphatic heterocycles. The maximum atomic E-state index is 5.87. The maximum Gasteiger partial charge on any atom is 0.0978 e. The van der Waals surface area contributed by atoms with Crippen LogP contribution in [0.3, 0.4) is 0 Å². The van der Waals surface area contributed by atoms with Crippen molar-refractivity contribution in [2.45, 2.75) is 53.4 Å². The fourth-order valence-corrected chi connectivity index (χ4v) is 4.69. The lowest BCUT2D eigenvalue weighted by Gasteiger charge is -1.99. The van der Waals surface area contributed by atoms with Crippen molar-refractivity contribution in [1.82, 2.24) is 0 Å². The van der Waals surface area contributed by atoms with Crippen LogP contribution in [0.25, 0.3) is 0 Å². The molecule has 4 heteroatoms. The zero-order chi connectivity index (χ0) is 15.3. The second-order valence-corrected chi connectivity index (χ2v) is 8.56. The molecular formula is C16H22Cl2S2. The molecule has 0 nitrogen and oxygen atoms in total. The van der Waals surface area contributed by atoms with Gasteiger partial charge in [-0.3, -0.25) is 0 Å². The lowest BCUT2D eigenvalue weighted by Crippen LogP contribution is -1.81. The summed E-state index contributed by atoms with van der Waals surface area (Å²) in [5.41, 5.74) is 2.68. The van der Waals surface area contributed by atoms with Gasteiger partial charge in [-0.1, -0.05) is 50.9 Å². The Morgan fingerprint density at radius 2 is 1.70 bits per heavy atom. The molecule has 0 bridgehead atoms. The normalized spacial score (nSPS) is 10.6. The summed E-state index contributed by atoms with van der Waals surface area (Å²) >= 11 is 15.0. The number of rotatable bonds is 3. The van der Waals surface area contributed by atoms with Crippen molar-refractivity contribution in [2.75, 3.05) is 0 Å². The van der Waals surface area contributed by atoms with Gasteiger partial charge in [-0.25, -0.2) is 0 Å². The average molecular weight is 349 g/mol. The Balaban J connectivity index is 0.000000200. The minimum absolute atomic E-state index is 0.469. The van der Waals surface area contributed by atoms with E-state index in [1.165, 1.54) is 39.5 Å². The highest BCUT2D eigenvalue weighted by Crippen LogP contribution is 2.35. The summed E-state index contributed by atoms with van der Waals surface area (Å²) in [6.07, 6.45) is 2.37. The highest BCUT2D eigenvalue weighted by Gasteiger charge is 2.08. The average Bonchev–Trinajstić information content (AvgIpc) is 2.92. The highest BCUT2D eigenvalue weighted by molar-refractivity contribution is 7.20. The molecule has 2 aromatic heterocycles. The number of hydrogen-bond acceptors (Lipinski definition) is 2. The first-order valence-corrected chi connectivity index (χ1v) is 9.30. The number of halogens is 2. The standard InChI is InChI=1S/C9H14S.C7H8Cl2S/c1-4-8-6-9(5-2)10-7(8)3;1-4(2)5-3-6(8)10-7(5)9/h6H,4-5H2,1-3H3;3-4H,1-2H3. The van der Waals surface area contributed by atoms with Gasteiger partial charge in [-0.05, 0) is 48.9 Å². The summed E-state index contributed by atoms with van der Waals surface area (Å²) in [6, 6.07) is 4.26. The summed E-state index contributed by atoms with van der Waals surface area (Å²) in [5.74, 6) is 0.469. The predicted molar refractivity (Wildman–Crippen MR) is 96.2 cm³/mol. The Morgan fingerprint density at radius 3 is 1.95 bits per heavy atom. The Labute approximate surface area is 140 Å². The molecule has 0 aliphatic rings. The van der Waals surface area contributed by atoms with E-state index >= 15 is 0 Å². The molecule has 0 aromatic carbocycles. The van der Waals surface area contributed by atoms with E-state index in [0.717, 1.165) is 14.2 Å². The lowest BCUT2D eigenvalue weighted by molar-refractivity contribution is 0.872. The smallest absolute Gasteiger partial charge is 0.0978 e. The molecular weight excluding hydrogens is 327 g/mol. The molecule has 2 aromatic rings.